The molecule has 1 aliphatic heterocycles. The molecule has 0 radical (unpaired) electrons. The Labute approximate surface area is 150 Å². The first-order chi connectivity index (χ1) is 12.1. The molecule has 0 saturated heterocycles. The van der Waals surface area contributed by atoms with Crippen molar-refractivity contribution in [2.24, 2.45) is 15.9 Å². The number of fused-ring (bicyclic) bond motifs is 1. The minimum absolute atomic E-state index is 0.301. The molecule has 2 aliphatic rings. The molecule has 25 heavy (non-hydrogen) atoms. The van der Waals surface area contributed by atoms with E-state index in [9.17, 15) is 9.59 Å². The quantitative estimate of drug-likeness (QED) is 0.876. The van der Waals surface area contributed by atoms with Gasteiger partial charge in [-0.25, -0.2) is 9.59 Å². The Bertz CT molecular complexity index is 809. The van der Waals surface area contributed by atoms with Crippen molar-refractivity contribution < 1.29 is 9.59 Å². The van der Waals surface area contributed by atoms with Crippen molar-refractivity contribution in [1.29, 1.82) is 0 Å². The minimum Gasteiger partial charge on any atom is -0.306 e. The van der Waals surface area contributed by atoms with E-state index in [1.54, 1.807) is 30.3 Å². The summed E-state index contributed by atoms with van der Waals surface area (Å²) in [6.45, 7) is 2.41. The van der Waals surface area contributed by atoms with Crippen molar-refractivity contribution in [1.82, 2.24) is 4.90 Å². The highest BCUT2D eigenvalue weighted by molar-refractivity contribution is 6.30. The predicted molar refractivity (Wildman–Crippen MR) is 99.5 cm³/mol. The number of aliphatic imine (C=N–C) groups is 2. The fourth-order valence-corrected chi connectivity index (χ4v) is 2.77. The molecule has 1 aromatic rings. The molecule has 1 N–H and O–H groups in total. The van der Waals surface area contributed by atoms with E-state index in [4.69, 9.17) is 11.6 Å². The van der Waals surface area contributed by atoms with E-state index in [-0.39, 0.29) is 5.92 Å². The number of benzene rings is 1. The summed E-state index contributed by atoms with van der Waals surface area (Å²) < 4.78 is 0. The summed E-state index contributed by atoms with van der Waals surface area (Å²) in [4.78, 5) is 34.3. The summed E-state index contributed by atoms with van der Waals surface area (Å²) in [5.41, 5.74) is 1.17. The third-order valence-corrected chi connectivity index (χ3v) is 4.02. The molecule has 7 heteroatoms. The SMILES string of the molecule is CCCN1C(=O)N=C2C=CC=CC2/C1=N/C(=O)Nc1ccc(Cl)cc1. The number of nitrogens with one attached hydrogen (secondary N) is 1. The Balaban J connectivity index is 1.88. The topological polar surface area (TPSA) is 74.1 Å². The lowest BCUT2D eigenvalue weighted by Crippen LogP contribution is -2.47. The van der Waals surface area contributed by atoms with E-state index in [1.807, 2.05) is 25.2 Å². The summed E-state index contributed by atoms with van der Waals surface area (Å²) in [7, 11) is 0. The lowest BCUT2D eigenvalue weighted by Gasteiger charge is -2.31. The fraction of sp³-hybridized carbons (Fsp3) is 0.222. The molecule has 0 saturated carbocycles. The molecule has 1 atom stereocenters. The van der Waals surface area contributed by atoms with Crippen LogP contribution in [0.5, 0.6) is 0 Å². The molecular formula is C18H17ClN4O2. The first-order valence-electron chi connectivity index (χ1n) is 7.98. The van der Waals surface area contributed by atoms with Gasteiger partial charge in [0.15, 0.2) is 0 Å². The minimum atomic E-state index is -0.546. The molecule has 3 rings (SSSR count). The smallest absolute Gasteiger partial charge is 0.306 e. The molecule has 1 unspecified atom stereocenters. The van der Waals surface area contributed by atoms with Gasteiger partial charge < -0.3 is 5.32 Å². The van der Waals surface area contributed by atoms with Gasteiger partial charge in [-0.05, 0) is 36.8 Å². The van der Waals surface area contributed by atoms with Gasteiger partial charge in [0.1, 0.15) is 5.84 Å². The second-order valence-electron chi connectivity index (χ2n) is 5.60. The average molecular weight is 357 g/mol. The van der Waals surface area contributed by atoms with Crippen LogP contribution in [0.15, 0.2) is 58.6 Å². The van der Waals surface area contributed by atoms with Gasteiger partial charge in [-0.1, -0.05) is 36.8 Å². The lowest BCUT2D eigenvalue weighted by atomic mass is 9.94. The van der Waals surface area contributed by atoms with Gasteiger partial charge in [0.05, 0.1) is 11.6 Å². The van der Waals surface area contributed by atoms with Crippen LogP contribution in [0.25, 0.3) is 0 Å². The number of carbonyl (C=O) groups excluding carboxylic acids is 2. The number of anilines is 1. The van der Waals surface area contributed by atoms with Crippen LogP contribution >= 0.6 is 11.6 Å². The number of amidine groups is 1. The summed E-state index contributed by atoms with van der Waals surface area (Å²) in [6, 6.07) is 5.79. The summed E-state index contributed by atoms with van der Waals surface area (Å²) in [5, 5.41) is 3.26. The van der Waals surface area contributed by atoms with Gasteiger partial charge in [-0.15, -0.1) is 0 Å². The summed E-state index contributed by atoms with van der Waals surface area (Å²) in [5.74, 6) is 0.0918. The molecule has 128 valence electrons. The number of halogens is 1. The number of hydrogen-bond acceptors (Lipinski definition) is 2. The maximum atomic E-state index is 12.3. The first kappa shape index (κ1) is 17.1. The monoisotopic (exact) mass is 356 g/mol. The molecular weight excluding hydrogens is 340 g/mol. The normalized spacial score (nSPS) is 20.5. The Morgan fingerprint density at radius 3 is 2.80 bits per heavy atom. The maximum Gasteiger partial charge on any atom is 0.349 e. The molecule has 1 aromatic carbocycles. The number of rotatable bonds is 3. The highest BCUT2D eigenvalue weighted by atomic mass is 35.5. The van der Waals surface area contributed by atoms with E-state index < -0.39 is 12.1 Å². The van der Waals surface area contributed by atoms with Gasteiger partial charge in [0, 0.05) is 17.3 Å². The van der Waals surface area contributed by atoms with Gasteiger partial charge in [-0.3, -0.25) is 4.90 Å². The van der Waals surface area contributed by atoms with E-state index in [1.165, 1.54) is 4.90 Å². The van der Waals surface area contributed by atoms with E-state index >= 15 is 0 Å². The Morgan fingerprint density at radius 1 is 1.32 bits per heavy atom. The third-order valence-electron chi connectivity index (χ3n) is 3.77. The van der Waals surface area contributed by atoms with Crippen LogP contribution in [0.3, 0.4) is 0 Å². The zero-order chi connectivity index (χ0) is 17.8. The molecule has 1 heterocycles. The van der Waals surface area contributed by atoms with Gasteiger partial charge in [0.2, 0.25) is 0 Å². The molecule has 0 bridgehead atoms. The highest BCUT2D eigenvalue weighted by Gasteiger charge is 2.33. The summed E-state index contributed by atoms with van der Waals surface area (Å²) in [6.07, 6.45) is 8.04. The largest absolute Gasteiger partial charge is 0.349 e. The molecule has 1 aliphatic carbocycles. The van der Waals surface area contributed by atoms with Gasteiger partial charge >= 0.3 is 12.1 Å². The van der Waals surface area contributed by atoms with Gasteiger partial charge in [-0.2, -0.15) is 9.98 Å². The van der Waals surface area contributed by atoms with E-state index in [2.05, 4.69) is 15.3 Å². The van der Waals surface area contributed by atoms with Crippen LogP contribution in [0.2, 0.25) is 5.02 Å². The molecule has 0 fully saturated rings. The van der Waals surface area contributed by atoms with Crippen molar-refractivity contribution in [3.63, 3.8) is 0 Å². The zero-order valence-corrected chi connectivity index (χ0v) is 14.4. The van der Waals surface area contributed by atoms with E-state index in [0.717, 1.165) is 6.42 Å². The first-order valence-corrected chi connectivity index (χ1v) is 8.36. The van der Waals surface area contributed by atoms with Crippen LogP contribution in [-0.2, 0) is 0 Å². The van der Waals surface area contributed by atoms with Gasteiger partial charge in [0.25, 0.3) is 0 Å². The molecule has 6 nitrogen and oxygen atoms in total. The Kier molecular flexibility index (Phi) is 5.09. The van der Waals surface area contributed by atoms with E-state index in [0.29, 0.717) is 28.8 Å². The third kappa shape index (κ3) is 3.85. The number of urea groups is 2. The standard InChI is InChI=1S/C18H17ClN4O2/c1-2-11-23-16(14-5-3-4-6-15(14)21-18(23)25)22-17(24)20-13-9-7-12(19)8-10-13/h3-10,14H,2,11H2,1H3,(H,20,24)/b22-16-. The maximum absolute atomic E-state index is 12.3. The Hall–Kier alpha value is -2.73. The number of allylic oxidation sites excluding steroid dienone is 3. The van der Waals surface area contributed by atoms with Crippen LogP contribution in [0.4, 0.5) is 15.3 Å². The second kappa shape index (κ2) is 7.44. The van der Waals surface area contributed by atoms with Crippen LogP contribution < -0.4 is 5.32 Å². The number of hydrogen-bond donors (Lipinski definition) is 1. The van der Waals surface area contributed by atoms with Crippen LogP contribution in [-0.4, -0.2) is 35.1 Å². The fourth-order valence-electron chi connectivity index (χ4n) is 2.65. The highest BCUT2D eigenvalue weighted by Crippen LogP contribution is 2.22. The summed E-state index contributed by atoms with van der Waals surface area (Å²) >= 11 is 5.84. The van der Waals surface area contributed by atoms with Crippen molar-refractivity contribution in [2.75, 3.05) is 11.9 Å². The van der Waals surface area contributed by atoms with Crippen molar-refractivity contribution in [3.05, 3.63) is 53.6 Å². The lowest BCUT2D eigenvalue weighted by molar-refractivity contribution is 0.228. The predicted octanol–water partition coefficient (Wildman–Crippen LogP) is 4.30. The van der Waals surface area contributed by atoms with Crippen molar-refractivity contribution >= 4 is 40.9 Å². The van der Waals surface area contributed by atoms with Crippen molar-refractivity contribution in [2.45, 2.75) is 13.3 Å². The average Bonchev–Trinajstić information content (AvgIpc) is 2.60. The second-order valence-corrected chi connectivity index (χ2v) is 6.04. The number of nitrogens with zero attached hydrogens (tertiary/aromatic N) is 3. The zero-order valence-electron chi connectivity index (χ0n) is 13.6. The molecule has 0 aromatic heterocycles. The number of amides is 4. The molecule has 0 spiro atoms. The van der Waals surface area contributed by atoms with Crippen LogP contribution in [0.1, 0.15) is 13.3 Å². The number of carbonyl (C=O) groups is 2. The Morgan fingerprint density at radius 2 is 2.08 bits per heavy atom. The van der Waals surface area contributed by atoms with Crippen molar-refractivity contribution in [3.8, 4) is 0 Å². The molecule has 4 amide bonds. The van der Waals surface area contributed by atoms with Crippen LogP contribution in [0, 0.1) is 5.92 Å².